The number of imide groups is 1. The van der Waals surface area contributed by atoms with Crippen molar-refractivity contribution in [3.8, 4) is 11.4 Å². The van der Waals surface area contributed by atoms with E-state index < -0.39 is 23.4 Å². The third-order valence-corrected chi connectivity index (χ3v) is 5.49. The number of tetrazole rings is 1. The monoisotopic (exact) mass is 483 g/mol. The fraction of sp³-hybridized carbons (Fsp3) is 0.200. The van der Waals surface area contributed by atoms with Crippen LogP contribution in [0.3, 0.4) is 0 Å². The molecule has 1 saturated heterocycles. The summed E-state index contributed by atoms with van der Waals surface area (Å²) in [6.45, 7) is 1.48. The number of halogens is 1. The lowest BCUT2D eigenvalue weighted by molar-refractivity contribution is -0.139. The first-order valence-corrected chi connectivity index (χ1v) is 10.3. The maximum atomic E-state index is 13.0. The molecule has 2 N–H and O–H groups in total. The van der Waals surface area contributed by atoms with Gasteiger partial charge in [0.1, 0.15) is 12.1 Å². The third-order valence-electron chi connectivity index (χ3n) is 4.97. The van der Waals surface area contributed by atoms with Crippen molar-refractivity contribution in [1.29, 1.82) is 0 Å². The maximum Gasteiger partial charge on any atom is 0.344 e. The Morgan fingerprint density at radius 3 is 2.52 bits per heavy atom. The summed E-state index contributed by atoms with van der Waals surface area (Å²) in [5.74, 6) is -0.839. The molecule has 1 atom stereocenters. The van der Waals surface area contributed by atoms with E-state index in [1.165, 1.54) is 0 Å². The number of nitrogens with one attached hydrogen (secondary N) is 2. The minimum atomic E-state index is -1.23. The zero-order valence-electron chi connectivity index (χ0n) is 16.4. The molecular weight excluding hydrogens is 466 g/mol. The number of aromatic nitrogens is 4. The topological polar surface area (TPSA) is 122 Å². The molecular formula is C20H18BrN7O3. The molecule has 158 valence electrons. The number of urea groups is 1. The van der Waals surface area contributed by atoms with Crippen LogP contribution in [0.5, 0.6) is 0 Å². The Hall–Kier alpha value is -3.60. The molecule has 4 amide bonds. The molecule has 1 aromatic heterocycles. The SMILES string of the molecule is CCC1(c2ccccc2)NC(=O)N(NC(=O)Cn2nnc(-c3ccc(Br)cc3)n2)C1=O. The molecule has 0 radical (unpaired) electrons. The van der Waals surface area contributed by atoms with E-state index >= 15 is 0 Å². The van der Waals surface area contributed by atoms with Crippen molar-refractivity contribution in [2.45, 2.75) is 25.4 Å². The van der Waals surface area contributed by atoms with E-state index in [-0.39, 0.29) is 6.54 Å². The molecule has 0 aliphatic carbocycles. The van der Waals surface area contributed by atoms with E-state index in [1.54, 1.807) is 31.2 Å². The van der Waals surface area contributed by atoms with E-state index in [9.17, 15) is 14.4 Å². The number of benzene rings is 2. The Kier molecular flexibility index (Phi) is 5.51. The molecule has 4 rings (SSSR count). The van der Waals surface area contributed by atoms with Crippen molar-refractivity contribution in [3.05, 3.63) is 64.6 Å². The number of carbonyl (C=O) groups is 3. The van der Waals surface area contributed by atoms with Gasteiger partial charge in [-0.05, 0) is 41.5 Å². The fourth-order valence-electron chi connectivity index (χ4n) is 3.35. The van der Waals surface area contributed by atoms with Gasteiger partial charge in [0.15, 0.2) is 0 Å². The maximum absolute atomic E-state index is 13.0. The summed E-state index contributed by atoms with van der Waals surface area (Å²) in [4.78, 5) is 39.1. The fourth-order valence-corrected chi connectivity index (χ4v) is 3.62. The number of hydrazine groups is 1. The quantitative estimate of drug-likeness (QED) is 0.517. The van der Waals surface area contributed by atoms with Crippen molar-refractivity contribution >= 4 is 33.8 Å². The molecule has 0 saturated carbocycles. The van der Waals surface area contributed by atoms with Gasteiger partial charge in [-0.3, -0.25) is 15.0 Å². The molecule has 0 bridgehead atoms. The van der Waals surface area contributed by atoms with Gasteiger partial charge in [0, 0.05) is 10.0 Å². The summed E-state index contributed by atoms with van der Waals surface area (Å²) in [5, 5.41) is 15.4. The van der Waals surface area contributed by atoms with E-state index in [0.717, 1.165) is 14.8 Å². The zero-order valence-corrected chi connectivity index (χ0v) is 18.0. The van der Waals surface area contributed by atoms with Gasteiger partial charge in [-0.15, -0.1) is 10.2 Å². The Morgan fingerprint density at radius 2 is 1.84 bits per heavy atom. The van der Waals surface area contributed by atoms with Crippen LogP contribution in [0.4, 0.5) is 4.79 Å². The molecule has 10 nitrogen and oxygen atoms in total. The van der Waals surface area contributed by atoms with Gasteiger partial charge in [-0.1, -0.05) is 53.2 Å². The standard InChI is InChI=1S/C20H18BrN7O3/c1-2-20(14-6-4-3-5-7-14)18(30)28(19(31)22-20)24-16(29)12-27-25-17(23-26-27)13-8-10-15(21)11-9-13/h3-11H,2,12H2,1H3,(H,22,31)(H,24,29). The number of hydrogen-bond donors (Lipinski definition) is 2. The van der Waals surface area contributed by atoms with E-state index in [1.807, 2.05) is 30.3 Å². The van der Waals surface area contributed by atoms with E-state index in [0.29, 0.717) is 22.8 Å². The van der Waals surface area contributed by atoms with Gasteiger partial charge in [-0.2, -0.15) is 9.81 Å². The largest absolute Gasteiger partial charge is 0.344 e. The Bertz CT molecular complexity index is 1130. The van der Waals surface area contributed by atoms with Crippen LogP contribution < -0.4 is 10.7 Å². The molecule has 2 aromatic carbocycles. The van der Waals surface area contributed by atoms with Gasteiger partial charge in [0.05, 0.1) is 0 Å². The molecule has 2 heterocycles. The number of amides is 4. The lowest BCUT2D eigenvalue weighted by Gasteiger charge is -2.25. The van der Waals surface area contributed by atoms with Gasteiger partial charge in [0.2, 0.25) is 5.82 Å². The Morgan fingerprint density at radius 1 is 1.13 bits per heavy atom. The third kappa shape index (κ3) is 3.91. The van der Waals surface area contributed by atoms with Crippen molar-refractivity contribution in [2.75, 3.05) is 0 Å². The molecule has 1 fully saturated rings. The molecule has 3 aromatic rings. The van der Waals surface area contributed by atoms with Crippen LogP contribution in [0, 0.1) is 0 Å². The highest BCUT2D eigenvalue weighted by Crippen LogP contribution is 2.31. The highest BCUT2D eigenvalue weighted by Gasteiger charge is 2.52. The number of rotatable bonds is 6. The zero-order chi connectivity index (χ0) is 22.0. The predicted molar refractivity (Wildman–Crippen MR) is 113 cm³/mol. The first-order chi connectivity index (χ1) is 14.9. The molecule has 31 heavy (non-hydrogen) atoms. The highest BCUT2D eigenvalue weighted by atomic mass is 79.9. The van der Waals surface area contributed by atoms with Gasteiger partial charge in [-0.25, -0.2) is 4.79 Å². The first-order valence-electron chi connectivity index (χ1n) is 9.48. The lowest BCUT2D eigenvalue weighted by Crippen LogP contribution is -2.49. The van der Waals surface area contributed by atoms with Crippen LogP contribution in [0.15, 0.2) is 59.1 Å². The van der Waals surface area contributed by atoms with Crippen LogP contribution in [-0.4, -0.2) is 43.1 Å². The van der Waals surface area contributed by atoms with Gasteiger partial charge >= 0.3 is 6.03 Å². The van der Waals surface area contributed by atoms with Crippen LogP contribution in [0.1, 0.15) is 18.9 Å². The first kappa shape index (κ1) is 20.7. The van der Waals surface area contributed by atoms with Crippen LogP contribution in [0.25, 0.3) is 11.4 Å². The van der Waals surface area contributed by atoms with Crippen LogP contribution in [0.2, 0.25) is 0 Å². The average Bonchev–Trinajstić information content (AvgIpc) is 3.33. The molecule has 0 spiro atoms. The molecule has 1 aliphatic rings. The smallest absolute Gasteiger partial charge is 0.318 e. The normalized spacial score (nSPS) is 18.2. The summed E-state index contributed by atoms with van der Waals surface area (Å²) in [6, 6.07) is 15.5. The summed E-state index contributed by atoms with van der Waals surface area (Å²) in [6.07, 6.45) is 0.329. The number of carbonyl (C=O) groups excluding carboxylic acids is 3. The Labute approximate surface area is 185 Å². The second-order valence-corrected chi connectivity index (χ2v) is 7.80. The van der Waals surface area contributed by atoms with Crippen molar-refractivity contribution in [1.82, 2.24) is 36.0 Å². The summed E-state index contributed by atoms with van der Waals surface area (Å²) in [7, 11) is 0. The second-order valence-electron chi connectivity index (χ2n) is 6.88. The molecule has 11 heteroatoms. The average molecular weight is 484 g/mol. The minimum absolute atomic E-state index is 0.314. The molecule has 1 unspecified atom stereocenters. The van der Waals surface area contributed by atoms with Crippen LogP contribution >= 0.6 is 15.9 Å². The summed E-state index contributed by atoms with van der Waals surface area (Å²) in [5.41, 5.74) is 2.49. The Balaban J connectivity index is 1.46. The van der Waals surface area contributed by atoms with Gasteiger partial charge < -0.3 is 5.32 Å². The van der Waals surface area contributed by atoms with E-state index in [4.69, 9.17) is 0 Å². The highest BCUT2D eigenvalue weighted by molar-refractivity contribution is 9.10. The lowest BCUT2D eigenvalue weighted by atomic mass is 9.87. The van der Waals surface area contributed by atoms with E-state index in [2.05, 4.69) is 42.1 Å². The van der Waals surface area contributed by atoms with Crippen molar-refractivity contribution < 1.29 is 14.4 Å². The van der Waals surface area contributed by atoms with Gasteiger partial charge in [0.25, 0.3) is 11.8 Å². The predicted octanol–water partition coefficient (Wildman–Crippen LogP) is 1.99. The summed E-state index contributed by atoms with van der Waals surface area (Å²) < 4.78 is 0.912. The summed E-state index contributed by atoms with van der Waals surface area (Å²) >= 11 is 3.36. The number of nitrogens with zero attached hydrogens (tertiary/aromatic N) is 5. The second kappa shape index (κ2) is 8.26. The molecule has 1 aliphatic heterocycles. The van der Waals surface area contributed by atoms with Crippen molar-refractivity contribution in [2.24, 2.45) is 0 Å². The van der Waals surface area contributed by atoms with Crippen LogP contribution in [-0.2, 0) is 21.7 Å². The van der Waals surface area contributed by atoms with Crippen molar-refractivity contribution in [3.63, 3.8) is 0 Å². The minimum Gasteiger partial charge on any atom is -0.318 e. The number of hydrogen-bond acceptors (Lipinski definition) is 6.